The van der Waals surface area contributed by atoms with Gasteiger partial charge in [-0.1, -0.05) is 6.07 Å². The highest BCUT2D eigenvalue weighted by atomic mass is 16.5. The summed E-state index contributed by atoms with van der Waals surface area (Å²) < 4.78 is 6.96. The van der Waals surface area contributed by atoms with Gasteiger partial charge in [0.25, 0.3) is 0 Å². The standard InChI is InChI=1S/C20H30N6O2/c1-21-20(22-9-8-15-6-7-18(28-3)11-19(15)27)24-16-5-4-10-26(13-16)17-12-23-25(2)14-17/h6-7,11-12,14,16,27H,4-5,8-10,13H2,1-3H3,(H2,21,22,24). The number of piperidine rings is 1. The number of phenolic OH excluding ortho intramolecular Hbond substituents is 1. The number of hydrogen-bond acceptors (Lipinski definition) is 5. The van der Waals surface area contributed by atoms with E-state index in [1.165, 1.54) is 0 Å². The summed E-state index contributed by atoms with van der Waals surface area (Å²) in [7, 11) is 5.31. The lowest BCUT2D eigenvalue weighted by atomic mass is 10.1. The van der Waals surface area contributed by atoms with Crippen LogP contribution in [0.3, 0.4) is 0 Å². The molecule has 28 heavy (non-hydrogen) atoms. The van der Waals surface area contributed by atoms with Gasteiger partial charge >= 0.3 is 0 Å². The van der Waals surface area contributed by atoms with E-state index in [0.29, 0.717) is 24.8 Å². The molecular formula is C20H30N6O2. The second-order valence-corrected chi connectivity index (χ2v) is 7.05. The minimum atomic E-state index is 0.253. The molecule has 0 bridgehead atoms. The van der Waals surface area contributed by atoms with Gasteiger partial charge in [0.15, 0.2) is 5.96 Å². The molecule has 1 aromatic heterocycles. The number of aliphatic imine (C=N–C) groups is 1. The van der Waals surface area contributed by atoms with E-state index in [4.69, 9.17) is 4.74 Å². The zero-order chi connectivity index (χ0) is 19.9. The van der Waals surface area contributed by atoms with E-state index in [1.54, 1.807) is 20.2 Å². The maximum atomic E-state index is 10.1. The summed E-state index contributed by atoms with van der Waals surface area (Å²) in [5.41, 5.74) is 2.04. The highest BCUT2D eigenvalue weighted by molar-refractivity contribution is 5.80. The summed E-state index contributed by atoms with van der Waals surface area (Å²) in [6.07, 6.45) is 6.90. The van der Waals surface area contributed by atoms with Crippen LogP contribution < -0.4 is 20.3 Å². The Kier molecular flexibility index (Phi) is 6.62. The number of ether oxygens (including phenoxy) is 1. The minimum absolute atomic E-state index is 0.253. The molecule has 1 fully saturated rings. The molecule has 1 saturated heterocycles. The van der Waals surface area contributed by atoms with Gasteiger partial charge in [-0.25, -0.2) is 0 Å². The van der Waals surface area contributed by atoms with Gasteiger partial charge in [-0.2, -0.15) is 5.10 Å². The van der Waals surface area contributed by atoms with Gasteiger partial charge in [0, 0.05) is 52.0 Å². The first kappa shape index (κ1) is 19.9. The quantitative estimate of drug-likeness (QED) is 0.515. The maximum Gasteiger partial charge on any atom is 0.191 e. The van der Waals surface area contributed by atoms with Gasteiger partial charge in [0.05, 0.1) is 19.0 Å². The molecule has 1 aliphatic rings. The summed E-state index contributed by atoms with van der Waals surface area (Å²) in [5, 5.41) is 21.2. The Morgan fingerprint density at radius 2 is 2.29 bits per heavy atom. The minimum Gasteiger partial charge on any atom is -0.508 e. The fourth-order valence-corrected chi connectivity index (χ4v) is 3.49. The van der Waals surface area contributed by atoms with Gasteiger partial charge in [-0.3, -0.25) is 9.67 Å². The summed E-state index contributed by atoms with van der Waals surface area (Å²) >= 11 is 0. The van der Waals surface area contributed by atoms with E-state index >= 15 is 0 Å². The molecule has 0 saturated carbocycles. The Morgan fingerprint density at radius 3 is 2.96 bits per heavy atom. The Hall–Kier alpha value is -2.90. The maximum absolute atomic E-state index is 10.1. The zero-order valence-corrected chi connectivity index (χ0v) is 16.9. The molecule has 0 aliphatic carbocycles. The number of guanidine groups is 1. The van der Waals surface area contributed by atoms with Gasteiger partial charge < -0.3 is 25.4 Å². The summed E-state index contributed by atoms with van der Waals surface area (Å²) in [4.78, 5) is 6.70. The van der Waals surface area contributed by atoms with Crippen molar-refractivity contribution in [3.8, 4) is 11.5 Å². The van der Waals surface area contributed by atoms with Gasteiger partial charge in [-0.15, -0.1) is 0 Å². The SMILES string of the molecule is CN=C(NCCc1ccc(OC)cc1O)NC1CCCN(c2cnn(C)c2)C1. The number of methoxy groups -OCH3 is 1. The van der Waals surface area contributed by atoms with Crippen LogP contribution in [0.2, 0.25) is 0 Å². The zero-order valence-electron chi connectivity index (χ0n) is 16.9. The van der Waals surface area contributed by atoms with E-state index in [1.807, 2.05) is 30.1 Å². The highest BCUT2D eigenvalue weighted by Gasteiger charge is 2.21. The molecule has 1 aromatic carbocycles. The number of anilines is 1. The van der Waals surface area contributed by atoms with Crippen LogP contribution in [-0.4, -0.2) is 60.7 Å². The van der Waals surface area contributed by atoms with Crippen molar-refractivity contribution in [1.29, 1.82) is 0 Å². The number of aryl methyl sites for hydroxylation is 1. The predicted octanol–water partition coefficient (Wildman–Crippen LogP) is 1.51. The molecular weight excluding hydrogens is 356 g/mol. The molecule has 3 rings (SSSR count). The third-order valence-electron chi connectivity index (χ3n) is 5.02. The lowest BCUT2D eigenvalue weighted by molar-refractivity contribution is 0.406. The Bertz CT molecular complexity index is 804. The first-order valence-corrected chi connectivity index (χ1v) is 9.65. The van der Waals surface area contributed by atoms with Crippen LogP contribution in [0.25, 0.3) is 0 Å². The Morgan fingerprint density at radius 1 is 1.43 bits per heavy atom. The number of phenols is 1. The van der Waals surface area contributed by atoms with Crippen molar-refractivity contribution in [2.45, 2.75) is 25.3 Å². The molecule has 2 aromatic rings. The number of aromatic hydroxyl groups is 1. The van der Waals surface area contributed by atoms with Crippen molar-refractivity contribution in [3.63, 3.8) is 0 Å². The Balaban J connectivity index is 1.49. The second kappa shape index (κ2) is 9.34. The highest BCUT2D eigenvalue weighted by Crippen LogP contribution is 2.23. The smallest absolute Gasteiger partial charge is 0.191 e. The molecule has 8 heteroatoms. The molecule has 2 heterocycles. The lowest BCUT2D eigenvalue weighted by Gasteiger charge is -2.34. The Labute approximate surface area is 166 Å². The van der Waals surface area contributed by atoms with Crippen LogP contribution >= 0.6 is 0 Å². The van der Waals surface area contributed by atoms with E-state index in [-0.39, 0.29) is 5.75 Å². The average molecular weight is 387 g/mol. The molecule has 3 N–H and O–H groups in total. The summed E-state index contributed by atoms with van der Waals surface area (Å²) in [6, 6.07) is 5.71. The van der Waals surface area contributed by atoms with Crippen molar-refractivity contribution < 1.29 is 9.84 Å². The average Bonchev–Trinajstić information content (AvgIpc) is 3.15. The van der Waals surface area contributed by atoms with E-state index < -0.39 is 0 Å². The topological polar surface area (TPSA) is 86.9 Å². The number of nitrogens with zero attached hydrogens (tertiary/aromatic N) is 4. The number of rotatable bonds is 6. The van der Waals surface area contributed by atoms with Gasteiger partial charge in [0.2, 0.25) is 0 Å². The van der Waals surface area contributed by atoms with Crippen molar-refractivity contribution in [3.05, 3.63) is 36.2 Å². The molecule has 8 nitrogen and oxygen atoms in total. The number of benzene rings is 1. The fourth-order valence-electron chi connectivity index (χ4n) is 3.49. The number of aromatic nitrogens is 2. The summed E-state index contributed by atoms with van der Waals surface area (Å²) in [6.45, 7) is 2.65. The largest absolute Gasteiger partial charge is 0.508 e. The number of hydrogen-bond donors (Lipinski definition) is 3. The van der Waals surface area contributed by atoms with Crippen molar-refractivity contribution in [1.82, 2.24) is 20.4 Å². The normalized spacial score (nSPS) is 17.5. The monoisotopic (exact) mass is 386 g/mol. The van der Waals surface area contributed by atoms with E-state index in [9.17, 15) is 5.11 Å². The van der Waals surface area contributed by atoms with Crippen molar-refractivity contribution in [2.24, 2.45) is 12.0 Å². The third-order valence-corrected chi connectivity index (χ3v) is 5.02. The van der Waals surface area contributed by atoms with Crippen LogP contribution in [0.1, 0.15) is 18.4 Å². The molecule has 1 atom stereocenters. The number of nitrogens with one attached hydrogen (secondary N) is 2. The fraction of sp³-hybridized carbons (Fsp3) is 0.500. The molecule has 0 amide bonds. The molecule has 0 radical (unpaired) electrons. The van der Waals surface area contributed by atoms with Crippen molar-refractivity contribution in [2.75, 3.05) is 38.7 Å². The second-order valence-electron chi connectivity index (χ2n) is 7.05. The first-order valence-electron chi connectivity index (χ1n) is 9.65. The van der Waals surface area contributed by atoms with E-state index in [0.717, 1.165) is 43.1 Å². The van der Waals surface area contributed by atoms with Crippen LogP contribution in [0.5, 0.6) is 11.5 Å². The predicted molar refractivity (Wildman–Crippen MR) is 111 cm³/mol. The van der Waals surface area contributed by atoms with Crippen LogP contribution in [0, 0.1) is 0 Å². The third kappa shape index (κ3) is 5.09. The van der Waals surface area contributed by atoms with Crippen LogP contribution in [0.4, 0.5) is 5.69 Å². The first-order chi connectivity index (χ1) is 13.6. The van der Waals surface area contributed by atoms with E-state index in [2.05, 4.69) is 31.8 Å². The lowest BCUT2D eigenvalue weighted by Crippen LogP contribution is -2.51. The molecule has 1 unspecified atom stereocenters. The molecule has 1 aliphatic heterocycles. The van der Waals surface area contributed by atoms with Crippen LogP contribution in [0.15, 0.2) is 35.6 Å². The van der Waals surface area contributed by atoms with Crippen molar-refractivity contribution >= 4 is 11.6 Å². The molecule has 0 spiro atoms. The van der Waals surface area contributed by atoms with Gasteiger partial charge in [-0.05, 0) is 30.9 Å². The molecule has 152 valence electrons. The van der Waals surface area contributed by atoms with Gasteiger partial charge in [0.1, 0.15) is 11.5 Å². The summed E-state index contributed by atoms with van der Waals surface area (Å²) in [5.74, 6) is 1.69. The van der Waals surface area contributed by atoms with Crippen LogP contribution in [-0.2, 0) is 13.5 Å².